The maximum absolute atomic E-state index is 12.6. The monoisotopic (exact) mass is 456 g/mol. The summed E-state index contributed by atoms with van der Waals surface area (Å²) >= 11 is 1.52. The van der Waals surface area contributed by atoms with Gasteiger partial charge in [0.15, 0.2) is 18.1 Å². The number of carbonyl (C=O) groups is 2. The molecule has 8 heteroatoms. The number of ether oxygens (including phenoxy) is 3. The molecule has 0 N–H and O–H groups in total. The van der Waals surface area contributed by atoms with Crippen LogP contribution < -0.4 is 9.47 Å². The zero-order chi connectivity index (χ0) is 22.1. The van der Waals surface area contributed by atoms with E-state index in [1.54, 1.807) is 4.90 Å². The molecule has 32 heavy (non-hydrogen) atoms. The molecule has 0 bridgehead atoms. The van der Waals surface area contributed by atoms with Gasteiger partial charge in [-0.1, -0.05) is 13.0 Å². The van der Waals surface area contributed by atoms with Gasteiger partial charge in [-0.25, -0.2) is 4.79 Å². The van der Waals surface area contributed by atoms with Gasteiger partial charge in [-0.15, -0.1) is 11.3 Å². The largest absolute Gasteiger partial charge is 0.454 e. The molecule has 1 saturated heterocycles. The lowest BCUT2D eigenvalue weighted by Crippen LogP contribution is -2.49. The molecule has 1 fully saturated rings. The fraction of sp³-hybridized carbons (Fsp3) is 0.500. The lowest BCUT2D eigenvalue weighted by molar-refractivity contribution is -0.136. The Balaban J connectivity index is 1.08. The van der Waals surface area contributed by atoms with Gasteiger partial charge >= 0.3 is 5.97 Å². The van der Waals surface area contributed by atoms with Crippen molar-refractivity contribution in [2.75, 3.05) is 39.6 Å². The van der Waals surface area contributed by atoms with Crippen molar-refractivity contribution >= 4 is 23.2 Å². The molecule has 0 saturated carbocycles. The van der Waals surface area contributed by atoms with E-state index in [1.165, 1.54) is 28.2 Å². The Bertz CT molecular complexity index is 1010. The van der Waals surface area contributed by atoms with Crippen molar-refractivity contribution in [1.82, 2.24) is 9.80 Å². The van der Waals surface area contributed by atoms with Crippen LogP contribution in [0.4, 0.5) is 0 Å². The number of aryl methyl sites for hydroxylation is 1. The SMILES string of the molecule is CC1CCc2sc(C(=O)OCC(=O)N3CCN(Cc4ccc5c(c4)OCO5)CC3)cc2C1. The molecule has 170 valence electrons. The van der Waals surface area contributed by atoms with Crippen LogP contribution in [0, 0.1) is 5.92 Å². The number of hydrogen-bond acceptors (Lipinski definition) is 7. The first kappa shape index (κ1) is 21.3. The van der Waals surface area contributed by atoms with Crippen molar-refractivity contribution in [3.05, 3.63) is 45.1 Å². The van der Waals surface area contributed by atoms with Crippen LogP contribution in [0.25, 0.3) is 0 Å². The van der Waals surface area contributed by atoms with Crippen molar-refractivity contribution in [1.29, 1.82) is 0 Å². The van der Waals surface area contributed by atoms with Crippen LogP contribution in [-0.2, 0) is 28.9 Å². The van der Waals surface area contributed by atoms with Gasteiger partial charge < -0.3 is 19.1 Å². The molecule has 3 aliphatic rings. The molecule has 0 radical (unpaired) electrons. The van der Waals surface area contributed by atoms with E-state index in [0.717, 1.165) is 49.5 Å². The van der Waals surface area contributed by atoms with Crippen LogP contribution >= 0.6 is 11.3 Å². The third kappa shape index (κ3) is 4.61. The van der Waals surface area contributed by atoms with Gasteiger partial charge in [0, 0.05) is 37.6 Å². The number of fused-ring (bicyclic) bond motifs is 2. The van der Waals surface area contributed by atoms with Crippen LogP contribution in [0.1, 0.15) is 39.0 Å². The second kappa shape index (κ2) is 9.11. The van der Waals surface area contributed by atoms with Crippen LogP contribution in [0.5, 0.6) is 11.5 Å². The molecule has 1 atom stereocenters. The minimum Gasteiger partial charge on any atom is -0.454 e. The highest BCUT2D eigenvalue weighted by Gasteiger charge is 2.25. The Hall–Kier alpha value is -2.58. The van der Waals surface area contributed by atoms with Crippen molar-refractivity contribution in [2.24, 2.45) is 5.92 Å². The number of rotatable bonds is 5. The van der Waals surface area contributed by atoms with E-state index in [0.29, 0.717) is 23.9 Å². The van der Waals surface area contributed by atoms with Gasteiger partial charge in [0.05, 0.1) is 0 Å². The summed E-state index contributed by atoms with van der Waals surface area (Å²) in [5.74, 6) is 1.73. The number of nitrogens with zero attached hydrogens (tertiary/aromatic N) is 2. The molecular weight excluding hydrogens is 428 g/mol. The number of piperazine rings is 1. The Morgan fingerprint density at radius 2 is 1.94 bits per heavy atom. The minimum absolute atomic E-state index is 0.129. The summed E-state index contributed by atoms with van der Waals surface area (Å²) in [6, 6.07) is 7.96. The van der Waals surface area contributed by atoms with Crippen molar-refractivity contribution < 1.29 is 23.8 Å². The van der Waals surface area contributed by atoms with E-state index >= 15 is 0 Å². The number of amides is 1. The highest BCUT2D eigenvalue weighted by molar-refractivity contribution is 7.14. The molecule has 1 aromatic carbocycles. The number of thiophene rings is 1. The Labute approximate surface area is 191 Å². The molecule has 1 aromatic heterocycles. The first-order chi connectivity index (χ1) is 15.5. The van der Waals surface area contributed by atoms with Crippen LogP contribution in [0.15, 0.2) is 24.3 Å². The smallest absolute Gasteiger partial charge is 0.348 e. The zero-order valence-electron chi connectivity index (χ0n) is 18.3. The quantitative estimate of drug-likeness (QED) is 0.644. The van der Waals surface area contributed by atoms with E-state index in [-0.39, 0.29) is 25.3 Å². The molecule has 3 heterocycles. The molecule has 7 nitrogen and oxygen atoms in total. The summed E-state index contributed by atoms with van der Waals surface area (Å²) in [4.78, 5) is 31.0. The van der Waals surface area contributed by atoms with Crippen LogP contribution in [0.2, 0.25) is 0 Å². The second-order valence-corrected chi connectivity index (χ2v) is 9.96. The fourth-order valence-corrected chi connectivity index (χ4v) is 5.65. The van der Waals surface area contributed by atoms with Gasteiger partial charge in [0.25, 0.3) is 5.91 Å². The zero-order valence-corrected chi connectivity index (χ0v) is 19.1. The predicted octanol–water partition coefficient (Wildman–Crippen LogP) is 3.10. The minimum atomic E-state index is -0.383. The van der Waals surface area contributed by atoms with E-state index in [9.17, 15) is 9.59 Å². The normalized spacial score (nSPS) is 20.2. The highest BCUT2D eigenvalue weighted by atomic mass is 32.1. The summed E-state index contributed by atoms with van der Waals surface area (Å²) in [5.41, 5.74) is 2.43. The first-order valence-electron chi connectivity index (χ1n) is 11.2. The Morgan fingerprint density at radius 1 is 1.12 bits per heavy atom. The van der Waals surface area contributed by atoms with Gasteiger partial charge in [-0.2, -0.15) is 0 Å². The summed E-state index contributed by atoms with van der Waals surface area (Å²) in [5, 5.41) is 0. The summed E-state index contributed by atoms with van der Waals surface area (Å²) in [6.45, 7) is 5.95. The second-order valence-electron chi connectivity index (χ2n) is 8.83. The molecule has 0 spiro atoms. The lowest BCUT2D eigenvalue weighted by atomic mass is 9.90. The van der Waals surface area contributed by atoms with E-state index in [4.69, 9.17) is 14.2 Å². The van der Waals surface area contributed by atoms with Crippen LogP contribution in [0.3, 0.4) is 0 Å². The van der Waals surface area contributed by atoms with E-state index < -0.39 is 0 Å². The van der Waals surface area contributed by atoms with Gasteiger partial charge in [-0.05, 0) is 54.5 Å². The fourth-order valence-electron chi connectivity index (χ4n) is 4.55. The highest BCUT2D eigenvalue weighted by Crippen LogP contribution is 2.33. The maximum atomic E-state index is 12.6. The third-order valence-corrected chi connectivity index (χ3v) is 7.64. The van der Waals surface area contributed by atoms with E-state index in [2.05, 4.69) is 11.8 Å². The van der Waals surface area contributed by atoms with Crippen molar-refractivity contribution in [3.63, 3.8) is 0 Å². The Morgan fingerprint density at radius 3 is 2.78 bits per heavy atom. The number of esters is 1. The summed E-state index contributed by atoms with van der Waals surface area (Å²) in [7, 11) is 0. The standard InChI is InChI=1S/C24H28N2O5S/c1-16-2-5-21-18(10-16)12-22(32-21)24(28)29-14-23(27)26-8-6-25(7-9-26)13-17-3-4-19-20(11-17)31-15-30-19/h3-4,11-12,16H,2,5-10,13-15H2,1H3. The maximum Gasteiger partial charge on any atom is 0.348 e. The van der Waals surface area contributed by atoms with Crippen molar-refractivity contribution in [2.45, 2.75) is 32.7 Å². The van der Waals surface area contributed by atoms with Gasteiger partial charge in [-0.3, -0.25) is 9.69 Å². The average Bonchev–Trinajstić information content (AvgIpc) is 3.44. The van der Waals surface area contributed by atoms with Crippen LogP contribution in [-0.4, -0.2) is 61.3 Å². The van der Waals surface area contributed by atoms with Gasteiger partial charge in [0.1, 0.15) is 4.88 Å². The topological polar surface area (TPSA) is 68.3 Å². The Kier molecular flexibility index (Phi) is 6.06. The molecule has 2 aromatic rings. The molecule has 2 aliphatic heterocycles. The first-order valence-corrected chi connectivity index (χ1v) is 12.0. The number of benzene rings is 1. The van der Waals surface area contributed by atoms with Gasteiger partial charge in [0.2, 0.25) is 6.79 Å². The molecule has 5 rings (SSSR count). The summed E-state index contributed by atoms with van der Waals surface area (Å²) < 4.78 is 16.2. The van der Waals surface area contributed by atoms with Crippen molar-refractivity contribution in [3.8, 4) is 11.5 Å². The third-order valence-electron chi connectivity index (χ3n) is 6.43. The number of carbonyl (C=O) groups excluding carboxylic acids is 2. The lowest BCUT2D eigenvalue weighted by Gasteiger charge is -2.34. The average molecular weight is 457 g/mol. The number of hydrogen-bond donors (Lipinski definition) is 0. The molecule has 1 aliphatic carbocycles. The molecule has 1 amide bonds. The predicted molar refractivity (Wildman–Crippen MR) is 120 cm³/mol. The van der Waals surface area contributed by atoms with E-state index in [1.807, 2.05) is 24.3 Å². The molecular formula is C24H28N2O5S. The molecule has 1 unspecified atom stereocenters. The summed E-state index contributed by atoms with van der Waals surface area (Å²) in [6.07, 6.45) is 3.22.